The number of amides is 1. The number of carboxylic acid groups (broad SMARTS) is 1. The number of carbonyl (C=O) groups excluding carboxylic acids is 1. The van der Waals surface area contributed by atoms with Gasteiger partial charge in [0.25, 0.3) is 5.91 Å². The minimum absolute atomic E-state index is 0.232. The Labute approximate surface area is 89.0 Å². The largest absolute Gasteiger partial charge is 0.480 e. The van der Waals surface area contributed by atoms with E-state index in [0.29, 0.717) is 13.0 Å². The lowest BCUT2D eigenvalue weighted by molar-refractivity contribution is -0.156. The Balaban J connectivity index is 2.71. The minimum Gasteiger partial charge on any atom is -0.480 e. The predicted octanol–water partition coefficient (Wildman–Crippen LogP) is 0.487. The Morgan fingerprint density at radius 1 is 1.47 bits per heavy atom. The number of carboxylic acids is 1. The summed E-state index contributed by atoms with van der Waals surface area (Å²) in [6.45, 7) is 2.15. The molecule has 1 fully saturated rings. The van der Waals surface area contributed by atoms with Gasteiger partial charge in [0.1, 0.15) is 12.1 Å². The average Bonchev–Trinajstić information content (AvgIpc) is 2.27. The maximum atomic E-state index is 11.8. The second kappa shape index (κ2) is 5.11. The van der Waals surface area contributed by atoms with E-state index in [1.54, 1.807) is 6.92 Å². The van der Waals surface area contributed by atoms with Crippen molar-refractivity contribution in [1.82, 2.24) is 4.90 Å². The number of carbonyl (C=O) groups is 2. The zero-order chi connectivity index (χ0) is 11.4. The fourth-order valence-corrected chi connectivity index (χ4v) is 1.79. The van der Waals surface area contributed by atoms with E-state index in [2.05, 4.69) is 0 Å². The molecule has 1 aliphatic heterocycles. The van der Waals surface area contributed by atoms with E-state index < -0.39 is 18.1 Å². The van der Waals surface area contributed by atoms with Crippen molar-refractivity contribution in [3.63, 3.8) is 0 Å². The van der Waals surface area contributed by atoms with Crippen molar-refractivity contribution in [2.75, 3.05) is 13.7 Å². The third kappa shape index (κ3) is 2.68. The van der Waals surface area contributed by atoms with Crippen molar-refractivity contribution in [3.05, 3.63) is 0 Å². The Kier molecular flexibility index (Phi) is 4.08. The summed E-state index contributed by atoms with van der Waals surface area (Å²) in [6, 6.07) is -0.677. The van der Waals surface area contributed by atoms with E-state index >= 15 is 0 Å². The molecule has 5 nitrogen and oxygen atoms in total. The molecule has 0 aromatic carbocycles. The number of hydrogen-bond acceptors (Lipinski definition) is 3. The van der Waals surface area contributed by atoms with Gasteiger partial charge in [0.05, 0.1) is 0 Å². The standard InChI is InChI=1S/C10H17NO4/c1-7(15-2)9(12)11-6-4-3-5-8(11)10(13)14/h7-8H,3-6H2,1-2H3,(H,13,14). The van der Waals surface area contributed by atoms with Crippen molar-refractivity contribution < 1.29 is 19.4 Å². The van der Waals surface area contributed by atoms with Gasteiger partial charge in [0, 0.05) is 13.7 Å². The molecule has 5 heteroatoms. The fraction of sp³-hybridized carbons (Fsp3) is 0.800. The number of nitrogens with zero attached hydrogens (tertiary/aromatic N) is 1. The first-order chi connectivity index (χ1) is 7.07. The van der Waals surface area contributed by atoms with Gasteiger partial charge in [-0.1, -0.05) is 0 Å². The molecule has 0 bridgehead atoms. The van der Waals surface area contributed by atoms with Crippen molar-refractivity contribution in [2.45, 2.75) is 38.3 Å². The van der Waals surface area contributed by atoms with Gasteiger partial charge in [-0.2, -0.15) is 0 Å². The van der Waals surface area contributed by atoms with Crippen LogP contribution in [0.5, 0.6) is 0 Å². The van der Waals surface area contributed by atoms with Crippen molar-refractivity contribution in [3.8, 4) is 0 Å². The van der Waals surface area contributed by atoms with Crippen LogP contribution >= 0.6 is 0 Å². The first-order valence-corrected chi connectivity index (χ1v) is 5.14. The second-order valence-corrected chi connectivity index (χ2v) is 3.76. The van der Waals surface area contributed by atoms with Crippen LogP contribution in [0.4, 0.5) is 0 Å². The molecule has 1 aliphatic rings. The number of rotatable bonds is 3. The van der Waals surface area contributed by atoms with Gasteiger partial charge in [-0.05, 0) is 26.2 Å². The summed E-state index contributed by atoms with van der Waals surface area (Å²) < 4.78 is 4.91. The number of ether oxygens (including phenoxy) is 1. The monoisotopic (exact) mass is 215 g/mol. The van der Waals surface area contributed by atoms with Gasteiger partial charge in [-0.25, -0.2) is 4.79 Å². The molecule has 1 N–H and O–H groups in total. The highest BCUT2D eigenvalue weighted by Gasteiger charge is 2.33. The molecule has 86 valence electrons. The van der Waals surface area contributed by atoms with Crippen LogP contribution in [-0.2, 0) is 14.3 Å². The number of aliphatic carboxylic acids is 1. The van der Waals surface area contributed by atoms with E-state index in [-0.39, 0.29) is 5.91 Å². The third-order valence-electron chi connectivity index (χ3n) is 2.77. The summed E-state index contributed by atoms with van der Waals surface area (Å²) >= 11 is 0. The summed E-state index contributed by atoms with van der Waals surface area (Å²) in [7, 11) is 1.45. The Morgan fingerprint density at radius 3 is 2.67 bits per heavy atom. The van der Waals surface area contributed by atoms with Gasteiger partial charge in [-0.15, -0.1) is 0 Å². The summed E-state index contributed by atoms with van der Waals surface area (Å²) in [6.07, 6.45) is 1.70. The fourth-order valence-electron chi connectivity index (χ4n) is 1.79. The van der Waals surface area contributed by atoms with Gasteiger partial charge < -0.3 is 14.7 Å². The zero-order valence-corrected chi connectivity index (χ0v) is 9.10. The van der Waals surface area contributed by atoms with Crippen LogP contribution in [0.1, 0.15) is 26.2 Å². The molecule has 2 unspecified atom stereocenters. The van der Waals surface area contributed by atoms with Gasteiger partial charge in [0.2, 0.25) is 0 Å². The highest BCUT2D eigenvalue weighted by Crippen LogP contribution is 2.18. The van der Waals surface area contributed by atoms with Crippen molar-refractivity contribution in [1.29, 1.82) is 0 Å². The van der Waals surface area contributed by atoms with E-state index in [9.17, 15) is 9.59 Å². The Bertz CT molecular complexity index is 254. The second-order valence-electron chi connectivity index (χ2n) is 3.76. The molecule has 0 aliphatic carbocycles. The molecule has 15 heavy (non-hydrogen) atoms. The summed E-state index contributed by atoms with van der Waals surface area (Å²) in [5.41, 5.74) is 0. The molecule has 0 aromatic rings. The van der Waals surface area contributed by atoms with Crippen LogP contribution in [0.3, 0.4) is 0 Å². The highest BCUT2D eigenvalue weighted by atomic mass is 16.5. The number of piperidine rings is 1. The molecule has 0 aromatic heterocycles. The SMILES string of the molecule is COC(C)C(=O)N1CCCCC1C(=O)O. The van der Waals surface area contributed by atoms with Crippen LogP contribution in [0.25, 0.3) is 0 Å². The summed E-state index contributed by atoms with van der Waals surface area (Å²) in [5, 5.41) is 8.98. The third-order valence-corrected chi connectivity index (χ3v) is 2.77. The average molecular weight is 215 g/mol. The molecular formula is C10H17NO4. The zero-order valence-electron chi connectivity index (χ0n) is 9.10. The predicted molar refractivity (Wildman–Crippen MR) is 53.5 cm³/mol. The van der Waals surface area contributed by atoms with Gasteiger partial charge in [0.15, 0.2) is 0 Å². The quantitative estimate of drug-likeness (QED) is 0.744. The molecule has 0 saturated carbocycles. The van der Waals surface area contributed by atoms with Crippen LogP contribution < -0.4 is 0 Å². The van der Waals surface area contributed by atoms with Crippen LogP contribution in [0.2, 0.25) is 0 Å². The van der Waals surface area contributed by atoms with Gasteiger partial charge >= 0.3 is 5.97 Å². The molecule has 1 amide bonds. The van der Waals surface area contributed by atoms with E-state index in [1.165, 1.54) is 12.0 Å². The Hall–Kier alpha value is -1.10. The van der Waals surface area contributed by atoms with Crippen molar-refractivity contribution in [2.24, 2.45) is 0 Å². The van der Waals surface area contributed by atoms with Crippen LogP contribution in [-0.4, -0.2) is 47.7 Å². The number of methoxy groups -OCH3 is 1. The summed E-state index contributed by atoms with van der Waals surface area (Å²) in [5.74, 6) is -1.16. The molecule has 1 rings (SSSR count). The van der Waals surface area contributed by atoms with Crippen LogP contribution in [0, 0.1) is 0 Å². The normalized spacial score (nSPS) is 23.6. The lowest BCUT2D eigenvalue weighted by Gasteiger charge is -2.34. The molecule has 1 saturated heterocycles. The number of hydrogen-bond donors (Lipinski definition) is 1. The highest BCUT2D eigenvalue weighted by molar-refractivity contribution is 5.86. The maximum absolute atomic E-state index is 11.8. The molecular weight excluding hydrogens is 198 g/mol. The van der Waals surface area contributed by atoms with Crippen LogP contribution in [0.15, 0.2) is 0 Å². The maximum Gasteiger partial charge on any atom is 0.326 e. The van der Waals surface area contributed by atoms with E-state index in [0.717, 1.165) is 12.8 Å². The van der Waals surface area contributed by atoms with E-state index in [1.807, 2.05) is 0 Å². The molecule has 1 heterocycles. The van der Waals surface area contributed by atoms with Gasteiger partial charge in [-0.3, -0.25) is 4.79 Å². The van der Waals surface area contributed by atoms with E-state index in [4.69, 9.17) is 9.84 Å². The minimum atomic E-state index is -0.925. The lowest BCUT2D eigenvalue weighted by Crippen LogP contribution is -2.51. The molecule has 0 spiro atoms. The summed E-state index contributed by atoms with van der Waals surface area (Å²) in [4.78, 5) is 24.1. The smallest absolute Gasteiger partial charge is 0.326 e. The lowest BCUT2D eigenvalue weighted by atomic mass is 10.0. The molecule has 2 atom stereocenters. The van der Waals surface area contributed by atoms with Crippen molar-refractivity contribution >= 4 is 11.9 Å². The number of likely N-dealkylation sites (tertiary alicyclic amines) is 1. The molecule has 0 radical (unpaired) electrons. The first kappa shape index (κ1) is 12.0. The Morgan fingerprint density at radius 2 is 2.13 bits per heavy atom. The topological polar surface area (TPSA) is 66.8 Å². The first-order valence-electron chi connectivity index (χ1n) is 5.14.